The molecule has 0 saturated carbocycles. The topological polar surface area (TPSA) is 69.4 Å². The van der Waals surface area contributed by atoms with E-state index in [0.29, 0.717) is 5.56 Å². The Balaban J connectivity index is 3.21. The molecule has 0 saturated heterocycles. The van der Waals surface area contributed by atoms with E-state index in [4.69, 9.17) is 9.88 Å². The third kappa shape index (κ3) is 2.90. The molecule has 0 atom stereocenters. The average molecular weight is 233 g/mol. The summed E-state index contributed by atoms with van der Waals surface area (Å²) in [4.78, 5) is -0.0848. The quantitative estimate of drug-likeness (QED) is 0.843. The number of rotatable bonds is 4. The Labute approximate surface area is 87.9 Å². The van der Waals surface area contributed by atoms with Gasteiger partial charge in [-0.15, -0.1) is 0 Å². The van der Waals surface area contributed by atoms with Crippen molar-refractivity contribution < 1.29 is 17.5 Å². The van der Waals surface area contributed by atoms with Gasteiger partial charge in [-0.3, -0.25) is 0 Å². The van der Waals surface area contributed by atoms with Crippen LogP contribution < -0.4 is 9.88 Å². The van der Waals surface area contributed by atoms with Crippen molar-refractivity contribution in [3.05, 3.63) is 23.8 Å². The number of hydrogen-bond donors (Lipinski definition) is 1. The van der Waals surface area contributed by atoms with Gasteiger partial charge in [0.2, 0.25) is 10.0 Å². The Morgan fingerprint density at radius 2 is 2.13 bits per heavy atom. The Bertz CT molecular complexity index is 445. The van der Waals surface area contributed by atoms with Crippen molar-refractivity contribution in [2.45, 2.75) is 11.8 Å². The Hall–Kier alpha value is -1.14. The third-order valence-corrected chi connectivity index (χ3v) is 2.89. The van der Waals surface area contributed by atoms with E-state index >= 15 is 0 Å². The fraction of sp³-hybridized carbons (Fsp3) is 0.333. The van der Waals surface area contributed by atoms with Gasteiger partial charge in [-0.05, 0) is 18.6 Å². The molecule has 0 aliphatic rings. The molecule has 15 heavy (non-hydrogen) atoms. The lowest BCUT2D eigenvalue weighted by molar-refractivity contribution is 0.267. The van der Waals surface area contributed by atoms with E-state index in [9.17, 15) is 12.8 Å². The monoisotopic (exact) mass is 233 g/mol. The number of halogens is 1. The lowest BCUT2D eigenvalue weighted by atomic mass is 10.2. The summed E-state index contributed by atoms with van der Waals surface area (Å²) >= 11 is 0. The molecule has 0 radical (unpaired) electrons. The molecule has 1 aromatic rings. The zero-order chi connectivity index (χ0) is 11.5. The highest BCUT2D eigenvalue weighted by Crippen LogP contribution is 2.25. The molecule has 0 spiro atoms. The first-order valence-corrected chi connectivity index (χ1v) is 5.82. The molecular weight excluding hydrogens is 221 g/mol. The molecule has 1 aromatic carbocycles. The molecule has 0 bridgehead atoms. The van der Waals surface area contributed by atoms with Crippen LogP contribution in [0.15, 0.2) is 23.1 Å². The number of nitrogens with two attached hydrogens (primary N) is 1. The molecule has 0 aromatic heterocycles. The molecule has 84 valence electrons. The number of primary sulfonamides is 1. The van der Waals surface area contributed by atoms with Crippen molar-refractivity contribution in [3.63, 3.8) is 0 Å². The summed E-state index contributed by atoms with van der Waals surface area (Å²) < 4.78 is 39.3. The van der Waals surface area contributed by atoms with Crippen LogP contribution in [0.1, 0.15) is 5.56 Å². The summed E-state index contributed by atoms with van der Waals surface area (Å²) in [5.74, 6) is 0.0927. The van der Waals surface area contributed by atoms with E-state index in [0.717, 1.165) is 0 Å². The third-order valence-electron chi connectivity index (χ3n) is 1.80. The zero-order valence-electron chi connectivity index (χ0n) is 8.23. The molecule has 1 rings (SSSR count). The first-order valence-electron chi connectivity index (χ1n) is 4.28. The van der Waals surface area contributed by atoms with Gasteiger partial charge >= 0.3 is 0 Å². The molecule has 2 N–H and O–H groups in total. The first-order chi connectivity index (χ1) is 6.96. The van der Waals surface area contributed by atoms with Crippen LogP contribution in [-0.4, -0.2) is 21.7 Å². The Morgan fingerprint density at radius 3 is 2.67 bits per heavy atom. The van der Waals surface area contributed by atoms with Crippen molar-refractivity contribution in [3.8, 4) is 5.75 Å². The number of hydrogen-bond acceptors (Lipinski definition) is 3. The summed E-state index contributed by atoms with van der Waals surface area (Å²) in [5, 5.41) is 5.03. The number of aryl methyl sites for hydroxylation is 1. The van der Waals surface area contributed by atoms with Crippen LogP contribution in [-0.2, 0) is 10.0 Å². The number of benzene rings is 1. The lowest BCUT2D eigenvalue weighted by Gasteiger charge is -2.10. The maximum atomic E-state index is 11.9. The van der Waals surface area contributed by atoms with Crippen LogP contribution in [0.25, 0.3) is 0 Å². The Kier molecular flexibility index (Phi) is 3.65. The zero-order valence-corrected chi connectivity index (χ0v) is 9.05. The second kappa shape index (κ2) is 4.59. The van der Waals surface area contributed by atoms with Crippen LogP contribution >= 0.6 is 0 Å². The molecule has 6 heteroatoms. The molecule has 0 amide bonds. The smallest absolute Gasteiger partial charge is 0.242 e. The predicted molar refractivity (Wildman–Crippen MR) is 54.0 cm³/mol. The standard InChI is InChI=1S/C9H12FNO3S/c1-7-3-2-4-8(14-6-5-10)9(7)15(11,12)13/h2-4H,5-6H2,1H3,(H2,11,12,13). The second-order valence-corrected chi connectivity index (χ2v) is 4.48. The first kappa shape index (κ1) is 11.9. The van der Waals surface area contributed by atoms with Crippen molar-refractivity contribution in [2.75, 3.05) is 13.3 Å². The Morgan fingerprint density at radius 1 is 1.47 bits per heavy atom. The molecule has 0 aliphatic carbocycles. The normalized spacial score (nSPS) is 11.4. The van der Waals surface area contributed by atoms with Crippen molar-refractivity contribution in [1.29, 1.82) is 0 Å². The maximum Gasteiger partial charge on any atom is 0.242 e. The van der Waals surface area contributed by atoms with E-state index in [-0.39, 0.29) is 17.3 Å². The molecule has 0 heterocycles. The predicted octanol–water partition coefficient (Wildman–Crippen LogP) is 0.991. The minimum Gasteiger partial charge on any atom is -0.489 e. The summed E-state index contributed by atoms with van der Waals surface area (Å²) in [6.07, 6.45) is 0. The van der Waals surface area contributed by atoms with Gasteiger partial charge in [-0.1, -0.05) is 12.1 Å². The van der Waals surface area contributed by atoms with Crippen LogP contribution in [0, 0.1) is 6.92 Å². The lowest BCUT2D eigenvalue weighted by Crippen LogP contribution is -2.16. The van der Waals surface area contributed by atoms with Crippen molar-refractivity contribution in [1.82, 2.24) is 0 Å². The summed E-state index contributed by atoms with van der Waals surface area (Å²) in [5.41, 5.74) is 0.480. The fourth-order valence-corrected chi connectivity index (χ4v) is 2.18. The van der Waals surface area contributed by atoms with E-state index in [2.05, 4.69) is 0 Å². The second-order valence-electron chi connectivity index (χ2n) is 2.98. The fourth-order valence-electron chi connectivity index (χ4n) is 1.25. The number of alkyl halides is 1. The van der Waals surface area contributed by atoms with Gasteiger partial charge in [-0.2, -0.15) is 0 Å². The molecule has 0 unspecified atom stereocenters. The van der Waals surface area contributed by atoms with Crippen LogP contribution in [0.5, 0.6) is 5.75 Å². The maximum absolute atomic E-state index is 11.9. The van der Waals surface area contributed by atoms with Gasteiger partial charge in [0.15, 0.2) is 0 Å². The summed E-state index contributed by atoms with van der Waals surface area (Å²) in [6.45, 7) is 0.728. The summed E-state index contributed by atoms with van der Waals surface area (Å²) in [7, 11) is -3.84. The highest BCUT2D eigenvalue weighted by Gasteiger charge is 2.17. The molecule has 0 fully saturated rings. The van der Waals surface area contributed by atoms with Gasteiger partial charge in [0, 0.05) is 0 Å². The highest BCUT2D eigenvalue weighted by molar-refractivity contribution is 7.89. The summed E-state index contributed by atoms with van der Waals surface area (Å²) in [6, 6.07) is 4.67. The van der Waals surface area contributed by atoms with Gasteiger partial charge in [-0.25, -0.2) is 17.9 Å². The van der Waals surface area contributed by atoms with E-state index in [1.54, 1.807) is 19.1 Å². The van der Waals surface area contributed by atoms with Crippen LogP contribution in [0.2, 0.25) is 0 Å². The van der Waals surface area contributed by atoms with Crippen molar-refractivity contribution in [2.24, 2.45) is 5.14 Å². The van der Waals surface area contributed by atoms with E-state index < -0.39 is 16.7 Å². The SMILES string of the molecule is Cc1cccc(OCCF)c1S(N)(=O)=O. The van der Waals surface area contributed by atoms with E-state index in [1.807, 2.05) is 0 Å². The molecular formula is C9H12FNO3S. The molecule has 4 nitrogen and oxygen atoms in total. The average Bonchev–Trinajstić information content (AvgIpc) is 2.12. The molecule has 0 aliphatic heterocycles. The van der Waals surface area contributed by atoms with Gasteiger partial charge in [0.25, 0.3) is 0 Å². The minimum atomic E-state index is -3.84. The number of ether oxygens (including phenoxy) is 1. The minimum absolute atomic E-state index is 0.0848. The number of sulfonamides is 1. The highest BCUT2D eigenvalue weighted by atomic mass is 32.2. The van der Waals surface area contributed by atoms with Crippen molar-refractivity contribution >= 4 is 10.0 Å². The van der Waals surface area contributed by atoms with Gasteiger partial charge < -0.3 is 4.74 Å². The largest absolute Gasteiger partial charge is 0.489 e. The van der Waals surface area contributed by atoms with Crippen LogP contribution in [0.4, 0.5) is 4.39 Å². The van der Waals surface area contributed by atoms with E-state index in [1.165, 1.54) is 6.07 Å². The van der Waals surface area contributed by atoms with Gasteiger partial charge in [0.05, 0.1) is 0 Å². The van der Waals surface area contributed by atoms with Crippen LogP contribution in [0.3, 0.4) is 0 Å². The van der Waals surface area contributed by atoms with Gasteiger partial charge in [0.1, 0.15) is 23.9 Å².